The molecule has 0 aliphatic heterocycles. The van der Waals surface area contributed by atoms with Gasteiger partial charge < -0.3 is 9.88 Å². The molecule has 30 heavy (non-hydrogen) atoms. The number of halogens is 2. The van der Waals surface area contributed by atoms with E-state index in [-0.39, 0.29) is 16.1 Å². The normalized spacial score (nSPS) is 10.4. The molecule has 0 aliphatic rings. The Hall–Kier alpha value is -3.29. The molecule has 0 spiro atoms. The smallest absolute Gasteiger partial charge is 0.310 e. The van der Waals surface area contributed by atoms with E-state index in [2.05, 4.69) is 16.2 Å². The average Bonchev–Trinajstić information content (AvgIpc) is 2.72. The van der Waals surface area contributed by atoms with Crippen LogP contribution in [0.15, 0.2) is 65.6 Å². The maximum atomic E-state index is 12.4. The highest BCUT2D eigenvalue weighted by Gasteiger charge is 2.10. The second-order valence-corrected chi connectivity index (χ2v) is 7.35. The Bertz CT molecular complexity index is 1140. The van der Waals surface area contributed by atoms with Crippen molar-refractivity contribution in [3.05, 3.63) is 97.9 Å². The number of carbonyl (C=O) groups excluding carboxylic acids is 2. The van der Waals surface area contributed by atoms with Gasteiger partial charge in [0.1, 0.15) is 0 Å². The number of rotatable bonds is 4. The number of amides is 3. The molecular formula is C21H18Cl2N4O3. The van der Waals surface area contributed by atoms with Gasteiger partial charge in [0, 0.05) is 18.0 Å². The third-order valence-electron chi connectivity index (χ3n) is 4.19. The number of nitrogens with one attached hydrogen (secondary N) is 3. The van der Waals surface area contributed by atoms with Gasteiger partial charge in [-0.3, -0.25) is 15.0 Å². The van der Waals surface area contributed by atoms with Crippen LogP contribution in [0.1, 0.15) is 21.5 Å². The van der Waals surface area contributed by atoms with Crippen molar-refractivity contribution >= 4 is 40.8 Å². The summed E-state index contributed by atoms with van der Waals surface area (Å²) >= 11 is 11.7. The van der Waals surface area contributed by atoms with Gasteiger partial charge in [0.15, 0.2) is 0 Å². The Labute approximate surface area is 182 Å². The van der Waals surface area contributed by atoms with Gasteiger partial charge in [0.2, 0.25) is 0 Å². The molecule has 1 heterocycles. The maximum absolute atomic E-state index is 12.4. The van der Waals surface area contributed by atoms with Crippen molar-refractivity contribution in [2.45, 2.75) is 13.5 Å². The molecule has 2 aromatic carbocycles. The highest BCUT2D eigenvalue weighted by atomic mass is 35.5. The first-order chi connectivity index (χ1) is 14.3. The summed E-state index contributed by atoms with van der Waals surface area (Å²) in [6, 6.07) is 14.3. The van der Waals surface area contributed by atoms with Crippen molar-refractivity contribution < 1.29 is 9.59 Å². The largest absolute Gasteiger partial charge is 0.337 e. The minimum Gasteiger partial charge on any atom is -0.310 e. The number of aromatic nitrogens is 1. The highest BCUT2D eigenvalue weighted by Crippen LogP contribution is 2.24. The van der Waals surface area contributed by atoms with Gasteiger partial charge in [0.25, 0.3) is 11.5 Å². The Morgan fingerprint density at radius 3 is 2.37 bits per heavy atom. The van der Waals surface area contributed by atoms with E-state index < -0.39 is 11.9 Å². The Kier molecular flexibility index (Phi) is 6.76. The quantitative estimate of drug-likeness (QED) is 0.531. The summed E-state index contributed by atoms with van der Waals surface area (Å²) in [7, 11) is 0. The maximum Gasteiger partial charge on any atom is 0.337 e. The van der Waals surface area contributed by atoms with E-state index in [0.717, 1.165) is 11.1 Å². The number of nitrogens with zero attached hydrogens (tertiary/aromatic N) is 1. The van der Waals surface area contributed by atoms with Crippen LogP contribution in [-0.2, 0) is 6.54 Å². The first-order valence-electron chi connectivity index (χ1n) is 8.90. The second kappa shape index (κ2) is 9.47. The molecule has 3 aromatic rings. The van der Waals surface area contributed by atoms with Crippen LogP contribution in [0.4, 0.5) is 10.5 Å². The fraction of sp³-hybridized carbons (Fsp3) is 0.0952. The molecule has 3 N–H and O–H groups in total. The third kappa shape index (κ3) is 5.62. The van der Waals surface area contributed by atoms with E-state index in [1.54, 1.807) is 6.07 Å². The van der Waals surface area contributed by atoms with Crippen LogP contribution in [-0.4, -0.2) is 16.5 Å². The van der Waals surface area contributed by atoms with Crippen LogP contribution in [0.25, 0.3) is 0 Å². The predicted molar refractivity (Wildman–Crippen MR) is 117 cm³/mol. The summed E-state index contributed by atoms with van der Waals surface area (Å²) in [6.45, 7) is 2.30. The number of hydrogen-bond donors (Lipinski definition) is 3. The average molecular weight is 445 g/mol. The molecule has 0 bridgehead atoms. The predicted octanol–water partition coefficient (Wildman–Crippen LogP) is 3.98. The van der Waals surface area contributed by atoms with Crippen molar-refractivity contribution in [2.24, 2.45) is 0 Å². The molecule has 0 unspecified atom stereocenters. The van der Waals surface area contributed by atoms with Crippen LogP contribution in [0, 0.1) is 6.92 Å². The van der Waals surface area contributed by atoms with Crippen molar-refractivity contribution in [3.63, 3.8) is 0 Å². The molecule has 0 radical (unpaired) electrons. The number of benzene rings is 2. The standard InChI is InChI=1S/C21H18Cl2N4O3/c1-13-2-4-14(5-3-13)11-27-12-15(6-9-19(27)28)20(29)25-26-21(30)24-16-7-8-17(22)18(23)10-16/h2-10,12H,11H2,1H3,(H,25,29)(H2,24,26,30). The lowest BCUT2D eigenvalue weighted by Crippen LogP contribution is -2.44. The molecule has 7 nitrogen and oxygen atoms in total. The number of aryl methyl sites for hydroxylation is 1. The summed E-state index contributed by atoms with van der Waals surface area (Å²) < 4.78 is 1.43. The number of anilines is 1. The van der Waals surface area contributed by atoms with Crippen LogP contribution >= 0.6 is 23.2 Å². The first kappa shape index (κ1) is 21.4. The molecule has 0 saturated carbocycles. The molecule has 0 saturated heterocycles. The first-order valence-corrected chi connectivity index (χ1v) is 9.66. The minimum absolute atomic E-state index is 0.219. The molecule has 1 aromatic heterocycles. The van der Waals surface area contributed by atoms with E-state index in [1.165, 1.54) is 35.0 Å². The van der Waals surface area contributed by atoms with Crippen LogP contribution < -0.4 is 21.7 Å². The van der Waals surface area contributed by atoms with Gasteiger partial charge in [-0.15, -0.1) is 0 Å². The lowest BCUT2D eigenvalue weighted by atomic mass is 10.1. The number of pyridine rings is 1. The Morgan fingerprint density at radius 2 is 1.67 bits per heavy atom. The Balaban J connectivity index is 1.62. The zero-order valence-corrected chi connectivity index (χ0v) is 17.4. The third-order valence-corrected chi connectivity index (χ3v) is 4.93. The van der Waals surface area contributed by atoms with Gasteiger partial charge in [-0.2, -0.15) is 0 Å². The summed E-state index contributed by atoms with van der Waals surface area (Å²) in [5.41, 5.74) is 6.96. The Morgan fingerprint density at radius 1 is 0.933 bits per heavy atom. The van der Waals surface area contributed by atoms with Gasteiger partial charge >= 0.3 is 6.03 Å². The summed E-state index contributed by atoms with van der Waals surface area (Å²) in [6.07, 6.45) is 1.44. The number of hydrazine groups is 1. The van der Waals surface area contributed by atoms with E-state index in [9.17, 15) is 14.4 Å². The molecule has 3 rings (SSSR count). The van der Waals surface area contributed by atoms with Gasteiger partial charge in [-0.05, 0) is 36.8 Å². The molecule has 0 fully saturated rings. The van der Waals surface area contributed by atoms with Gasteiger partial charge in [0.05, 0.1) is 22.2 Å². The van der Waals surface area contributed by atoms with Crippen molar-refractivity contribution in [1.82, 2.24) is 15.4 Å². The molecule has 9 heteroatoms. The van der Waals surface area contributed by atoms with Crippen LogP contribution in [0.2, 0.25) is 10.0 Å². The zero-order chi connectivity index (χ0) is 21.7. The zero-order valence-electron chi connectivity index (χ0n) is 15.9. The molecule has 3 amide bonds. The van der Waals surface area contributed by atoms with Crippen molar-refractivity contribution in [3.8, 4) is 0 Å². The van der Waals surface area contributed by atoms with Crippen molar-refractivity contribution in [2.75, 3.05) is 5.32 Å². The lowest BCUT2D eigenvalue weighted by molar-refractivity contribution is 0.0937. The second-order valence-electron chi connectivity index (χ2n) is 6.53. The van der Waals surface area contributed by atoms with Crippen molar-refractivity contribution in [1.29, 1.82) is 0 Å². The molecular weight excluding hydrogens is 427 g/mol. The summed E-state index contributed by atoms with van der Waals surface area (Å²) in [5, 5.41) is 3.16. The monoisotopic (exact) mass is 444 g/mol. The number of urea groups is 1. The molecule has 154 valence electrons. The minimum atomic E-state index is -0.672. The SMILES string of the molecule is Cc1ccc(Cn2cc(C(=O)NNC(=O)Nc3ccc(Cl)c(Cl)c3)ccc2=O)cc1. The van der Waals surface area contributed by atoms with Gasteiger partial charge in [-0.1, -0.05) is 53.0 Å². The fourth-order valence-electron chi connectivity index (χ4n) is 2.60. The summed E-state index contributed by atoms with van der Waals surface area (Å²) in [4.78, 5) is 36.4. The number of hydrogen-bond acceptors (Lipinski definition) is 3. The van der Waals surface area contributed by atoms with E-state index in [4.69, 9.17) is 23.2 Å². The number of carbonyl (C=O) groups is 2. The molecule has 0 atom stereocenters. The van der Waals surface area contributed by atoms with Crippen LogP contribution in [0.5, 0.6) is 0 Å². The molecule has 0 aliphatic carbocycles. The highest BCUT2D eigenvalue weighted by molar-refractivity contribution is 6.42. The summed E-state index contributed by atoms with van der Waals surface area (Å²) in [5.74, 6) is -0.572. The van der Waals surface area contributed by atoms with E-state index in [0.29, 0.717) is 17.3 Å². The van der Waals surface area contributed by atoms with E-state index >= 15 is 0 Å². The topological polar surface area (TPSA) is 92.2 Å². The van der Waals surface area contributed by atoms with Crippen LogP contribution in [0.3, 0.4) is 0 Å². The lowest BCUT2D eigenvalue weighted by Gasteiger charge is -2.11. The van der Waals surface area contributed by atoms with Gasteiger partial charge in [-0.25, -0.2) is 10.2 Å². The van der Waals surface area contributed by atoms with E-state index in [1.807, 2.05) is 31.2 Å². The fourth-order valence-corrected chi connectivity index (χ4v) is 2.90.